The Morgan fingerprint density at radius 3 is 3.00 bits per heavy atom. The number of carboxylic acids is 1. The fourth-order valence-corrected chi connectivity index (χ4v) is 1.60. The lowest BCUT2D eigenvalue weighted by Gasteiger charge is -2.00. The summed E-state index contributed by atoms with van der Waals surface area (Å²) >= 11 is 0. The molecule has 0 radical (unpaired) electrons. The highest BCUT2D eigenvalue weighted by Crippen LogP contribution is 2.21. The molecule has 0 aliphatic carbocycles. The van der Waals surface area contributed by atoms with Crippen LogP contribution >= 0.6 is 0 Å². The van der Waals surface area contributed by atoms with E-state index in [1.54, 1.807) is 23.3 Å². The van der Waals surface area contributed by atoms with Gasteiger partial charge in [-0.1, -0.05) is 0 Å². The summed E-state index contributed by atoms with van der Waals surface area (Å²) < 4.78 is 1.63. The quantitative estimate of drug-likeness (QED) is 0.870. The molecule has 0 atom stereocenters. The number of aromatic nitrogens is 3. The molecule has 0 aromatic carbocycles. The molecule has 5 nitrogen and oxygen atoms in total. The van der Waals surface area contributed by atoms with Crippen LogP contribution in [-0.4, -0.2) is 25.8 Å². The van der Waals surface area contributed by atoms with Gasteiger partial charge in [0, 0.05) is 29.7 Å². The normalized spacial score (nSPS) is 10.4. The highest BCUT2D eigenvalue weighted by atomic mass is 16.4. The number of rotatable bonds is 4. The van der Waals surface area contributed by atoms with Crippen LogP contribution in [0.5, 0.6) is 0 Å². The molecule has 0 saturated heterocycles. The Bertz CT molecular complexity index is 534. The van der Waals surface area contributed by atoms with Gasteiger partial charge >= 0.3 is 5.97 Å². The standard InChI is InChI=1S/C12H13N3O2/c1-9-2-4-13-7-11(9)10-6-14-15(8-10)5-3-12(16)17/h2,4,6-8H,3,5H2,1H3,(H,16,17). The fourth-order valence-electron chi connectivity index (χ4n) is 1.60. The van der Waals surface area contributed by atoms with E-state index < -0.39 is 5.97 Å². The van der Waals surface area contributed by atoms with Crippen LogP contribution in [0.15, 0.2) is 30.9 Å². The van der Waals surface area contributed by atoms with Crippen LogP contribution < -0.4 is 0 Å². The fraction of sp³-hybridized carbons (Fsp3) is 0.250. The number of carboxylic acid groups (broad SMARTS) is 1. The molecule has 2 heterocycles. The van der Waals surface area contributed by atoms with Crippen molar-refractivity contribution in [2.45, 2.75) is 19.9 Å². The van der Waals surface area contributed by atoms with Gasteiger partial charge in [-0.05, 0) is 18.6 Å². The van der Waals surface area contributed by atoms with Gasteiger partial charge in [-0.3, -0.25) is 14.5 Å². The van der Waals surface area contributed by atoms with E-state index in [-0.39, 0.29) is 6.42 Å². The molecular weight excluding hydrogens is 218 g/mol. The highest BCUT2D eigenvalue weighted by Gasteiger charge is 2.05. The largest absolute Gasteiger partial charge is 0.481 e. The molecule has 2 aromatic rings. The van der Waals surface area contributed by atoms with Crippen molar-refractivity contribution in [3.63, 3.8) is 0 Å². The van der Waals surface area contributed by atoms with Crippen LogP contribution in [0.3, 0.4) is 0 Å². The smallest absolute Gasteiger partial charge is 0.305 e. The van der Waals surface area contributed by atoms with Crippen molar-refractivity contribution >= 4 is 5.97 Å². The molecule has 0 fully saturated rings. The maximum atomic E-state index is 10.5. The lowest BCUT2D eigenvalue weighted by atomic mass is 10.1. The summed E-state index contributed by atoms with van der Waals surface area (Å²) in [7, 11) is 0. The van der Waals surface area contributed by atoms with Gasteiger partial charge in [0.05, 0.1) is 19.2 Å². The van der Waals surface area contributed by atoms with Crippen molar-refractivity contribution in [2.75, 3.05) is 0 Å². The van der Waals surface area contributed by atoms with E-state index in [2.05, 4.69) is 10.1 Å². The first-order valence-electron chi connectivity index (χ1n) is 5.32. The second-order valence-electron chi connectivity index (χ2n) is 3.83. The molecule has 17 heavy (non-hydrogen) atoms. The zero-order valence-electron chi connectivity index (χ0n) is 9.50. The van der Waals surface area contributed by atoms with Crippen LogP contribution in [0.25, 0.3) is 11.1 Å². The molecule has 1 N–H and O–H groups in total. The Balaban J connectivity index is 2.18. The van der Waals surface area contributed by atoms with Crippen molar-refractivity contribution in [3.8, 4) is 11.1 Å². The third-order valence-electron chi connectivity index (χ3n) is 2.54. The van der Waals surface area contributed by atoms with Gasteiger partial charge in [0.1, 0.15) is 0 Å². The average Bonchev–Trinajstić information content (AvgIpc) is 2.75. The Morgan fingerprint density at radius 1 is 1.47 bits per heavy atom. The number of nitrogens with zero attached hydrogens (tertiary/aromatic N) is 3. The summed E-state index contributed by atoms with van der Waals surface area (Å²) in [6, 6.07) is 1.93. The van der Waals surface area contributed by atoms with Crippen molar-refractivity contribution in [3.05, 3.63) is 36.4 Å². The zero-order valence-corrected chi connectivity index (χ0v) is 9.50. The summed E-state index contributed by atoms with van der Waals surface area (Å²) in [5, 5.41) is 12.7. The van der Waals surface area contributed by atoms with Crippen LogP contribution in [0.4, 0.5) is 0 Å². The average molecular weight is 231 g/mol. The number of hydrogen-bond acceptors (Lipinski definition) is 3. The Morgan fingerprint density at radius 2 is 2.29 bits per heavy atom. The molecule has 0 unspecified atom stereocenters. The van der Waals surface area contributed by atoms with Gasteiger partial charge in [-0.15, -0.1) is 0 Å². The maximum absolute atomic E-state index is 10.5. The highest BCUT2D eigenvalue weighted by molar-refractivity contribution is 5.67. The van der Waals surface area contributed by atoms with E-state index >= 15 is 0 Å². The number of carbonyl (C=O) groups is 1. The van der Waals surface area contributed by atoms with Crippen LogP contribution in [0, 0.1) is 6.92 Å². The van der Waals surface area contributed by atoms with Gasteiger partial charge in [-0.25, -0.2) is 0 Å². The number of aliphatic carboxylic acids is 1. The van der Waals surface area contributed by atoms with Crippen molar-refractivity contribution < 1.29 is 9.90 Å². The first-order valence-corrected chi connectivity index (χ1v) is 5.32. The Labute approximate surface area is 98.7 Å². The molecule has 88 valence electrons. The first kappa shape index (κ1) is 11.3. The minimum absolute atomic E-state index is 0.0765. The first-order chi connectivity index (χ1) is 8.16. The summed E-state index contributed by atoms with van der Waals surface area (Å²) in [5.41, 5.74) is 3.10. The van der Waals surface area contributed by atoms with Gasteiger partial charge in [0.2, 0.25) is 0 Å². The topological polar surface area (TPSA) is 68.0 Å². The minimum atomic E-state index is -0.820. The molecule has 2 rings (SSSR count). The molecule has 0 bridgehead atoms. The van der Waals surface area contributed by atoms with Crippen molar-refractivity contribution in [1.82, 2.24) is 14.8 Å². The minimum Gasteiger partial charge on any atom is -0.481 e. The molecule has 5 heteroatoms. The molecule has 2 aromatic heterocycles. The van der Waals surface area contributed by atoms with Crippen LogP contribution in [-0.2, 0) is 11.3 Å². The van der Waals surface area contributed by atoms with Crippen molar-refractivity contribution in [1.29, 1.82) is 0 Å². The van der Waals surface area contributed by atoms with Crippen molar-refractivity contribution in [2.24, 2.45) is 0 Å². The van der Waals surface area contributed by atoms with Gasteiger partial charge in [0.15, 0.2) is 0 Å². The van der Waals surface area contributed by atoms with Crippen LogP contribution in [0.2, 0.25) is 0 Å². The van der Waals surface area contributed by atoms with E-state index in [1.807, 2.05) is 19.2 Å². The monoisotopic (exact) mass is 231 g/mol. The predicted molar refractivity (Wildman–Crippen MR) is 62.4 cm³/mol. The number of hydrogen-bond donors (Lipinski definition) is 1. The summed E-state index contributed by atoms with van der Waals surface area (Å²) in [4.78, 5) is 14.5. The van der Waals surface area contributed by atoms with E-state index in [0.29, 0.717) is 6.54 Å². The number of pyridine rings is 1. The Kier molecular flexibility index (Phi) is 3.18. The molecule has 0 amide bonds. The third kappa shape index (κ3) is 2.69. The second-order valence-corrected chi connectivity index (χ2v) is 3.83. The predicted octanol–water partition coefficient (Wildman–Crippen LogP) is 1.73. The maximum Gasteiger partial charge on any atom is 0.305 e. The molecular formula is C12H13N3O2. The summed E-state index contributed by atoms with van der Waals surface area (Å²) in [6.07, 6.45) is 7.17. The lowest BCUT2D eigenvalue weighted by Crippen LogP contribution is -2.04. The molecule has 0 aliphatic heterocycles. The van der Waals surface area contributed by atoms with Gasteiger partial charge in [0.25, 0.3) is 0 Å². The zero-order chi connectivity index (χ0) is 12.3. The van der Waals surface area contributed by atoms with E-state index in [4.69, 9.17) is 5.11 Å². The lowest BCUT2D eigenvalue weighted by molar-refractivity contribution is -0.137. The van der Waals surface area contributed by atoms with Crippen LogP contribution in [0.1, 0.15) is 12.0 Å². The number of aryl methyl sites for hydroxylation is 2. The van der Waals surface area contributed by atoms with E-state index in [9.17, 15) is 4.79 Å². The van der Waals surface area contributed by atoms with E-state index in [0.717, 1.165) is 16.7 Å². The van der Waals surface area contributed by atoms with E-state index in [1.165, 1.54) is 0 Å². The summed E-state index contributed by atoms with van der Waals surface area (Å²) in [5.74, 6) is -0.820. The molecule has 0 saturated carbocycles. The summed E-state index contributed by atoms with van der Waals surface area (Å²) in [6.45, 7) is 2.39. The molecule has 0 aliphatic rings. The Hall–Kier alpha value is -2.17. The SMILES string of the molecule is Cc1ccncc1-c1cnn(CCC(=O)O)c1. The van der Waals surface area contributed by atoms with Gasteiger partial charge < -0.3 is 5.11 Å². The third-order valence-corrected chi connectivity index (χ3v) is 2.54. The molecule has 0 spiro atoms. The van der Waals surface area contributed by atoms with Gasteiger partial charge in [-0.2, -0.15) is 5.10 Å². The second kappa shape index (κ2) is 4.78.